The lowest BCUT2D eigenvalue weighted by Crippen LogP contribution is -2.00. The van der Waals surface area contributed by atoms with E-state index in [-0.39, 0.29) is 5.92 Å². The van der Waals surface area contributed by atoms with Gasteiger partial charge in [0.25, 0.3) is 0 Å². The monoisotopic (exact) mass is 384 g/mol. The van der Waals surface area contributed by atoms with Gasteiger partial charge in [0.2, 0.25) is 11.8 Å². The molecule has 1 aliphatic carbocycles. The molecule has 6 heteroatoms. The summed E-state index contributed by atoms with van der Waals surface area (Å²) in [7, 11) is 0. The molecular formula is C23H20N4O2. The van der Waals surface area contributed by atoms with E-state index in [2.05, 4.69) is 20.3 Å². The van der Waals surface area contributed by atoms with Gasteiger partial charge in [-0.1, -0.05) is 18.2 Å². The van der Waals surface area contributed by atoms with Crippen molar-refractivity contribution in [1.82, 2.24) is 15.0 Å². The lowest BCUT2D eigenvalue weighted by Gasteiger charge is -2.14. The Morgan fingerprint density at radius 1 is 1.03 bits per heavy atom. The van der Waals surface area contributed by atoms with Crippen molar-refractivity contribution in [3.05, 3.63) is 72.4 Å². The number of fused-ring (bicyclic) bond motifs is 1. The summed E-state index contributed by atoms with van der Waals surface area (Å²) in [6, 6.07) is 19.5. The Morgan fingerprint density at radius 3 is 2.69 bits per heavy atom. The minimum absolute atomic E-state index is 0.195. The molecule has 1 aliphatic rings. The Kier molecular flexibility index (Phi) is 4.44. The number of rotatable bonds is 5. The molecular weight excluding hydrogens is 364 g/mol. The van der Waals surface area contributed by atoms with Gasteiger partial charge in [-0.15, -0.1) is 0 Å². The molecule has 1 fully saturated rings. The van der Waals surface area contributed by atoms with Crippen molar-refractivity contribution in [2.75, 3.05) is 5.32 Å². The minimum Gasteiger partial charge on any atom is -0.439 e. The molecule has 0 aliphatic heterocycles. The number of ether oxygens (including phenoxy) is 1. The van der Waals surface area contributed by atoms with Crippen molar-refractivity contribution < 1.29 is 9.53 Å². The second-order valence-electron chi connectivity index (χ2n) is 7.23. The maximum absolute atomic E-state index is 11.7. The predicted octanol–water partition coefficient (Wildman–Crippen LogP) is 5.33. The summed E-state index contributed by atoms with van der Waals surface area (Å²) in [4.78, 5) is 23.8. The predicted molar refractivity (Wildman–Crippen MR) is 112 cm³/mol. The molecule has 2 aromatic heterocycles. The lowest BCUT2D eigenvalue weighted by molar-refractivity contribution is -0.117. The average molecular weight is 384 g/mol. The molecule has 2 N–H and O–H groups in total. The third-order valence-electron chi connectivity index (χ3n) is 5.21. The molecule has 144 valence electrons. The molecule has 0 saturated heterocycles. The van der Waals surface area contributed by atoms with Gasteiger partial charge in [-0.2, -0.15) is 0 Å². The van der Waals surface area contributed by atoms with Crippen LogP contribution in [-0.2, 0) is 4.79 Å². The Bertz CT molecular complexity index is 1130. The van der Waals surface area contributed by atoms with Gasteiger partial charge in [-0.05, 0) is 54.8 Å². The number of nitrogens with one attached hydrogen (secondary N) is 2. The number of Topliss-reactive ketones (excluding diaryl/α,β-unsaturated/α-hetero) is 1. The highest BCUT2D eigenvalue weighted by Gasteiger charge is 2.26. The molecule has 0 spiro atoms. The van der Waals surface area contributed by atoms with Gasteiger partial charge in [0.05, 0.1) is 11.0 Å². The van der Waals surface area contributed by atoms with E-state index in [1.165, 1.54) is 0 Å². The van der Waals surface area contributed by atoms with E-state index in [0.29, 0.717) is 36.2 Å². The average Bonchev–Trinajstić information content (AvgIpc) is 3.35. The molecule has 2 heterocycles. The maximum Gasteiger partial charge on any atom is 0.222 e. The molecule has 6 nitrogen and oxygen atoms in total. The molecule has 29 heavy (non-hydrogen) atoms. The first-order valence-corrected chi connectivity index (χ1v) is 9.71. The number of hydrogen-bond donors (Lipinski definition) is 2. The standard InChI is InChI=1S/C23H20N4O2/c28-17-10-7-15(14-17)19-4-3-13-24-22(19)29-18-11-8-16(9-12-18)25-23-26-20-5-1-2-6-21(20)27-23/h1-6,8-9,11-13,15H,7,10,14H2,(H2,25,26,27). The number of pyridine rings is 1. The zero-order valence-corrected chi connectivity index (χ0v) is 15.8. The number of benzene rings is 2. The van der Waals surface area contributed by atoms with Gasteiger partial charge in [-0.3, -0.25) is 4.79 Å². The molecule has 5 rings (SSSR count). The number of H-pyrrole nitrogens is 1. The second-order valence-corrected chi connectivity index (χ2v) is 7.23. The molecule has 0 radical (unpaired) electrons. The highest BCUT2D eigenvalue weighted by Crippen LogP contribution is 2.37. The number of aromatic amines is 1. The number of nitrogens with zero attached hydrogens (tertiary/aromatic N) is 2. The number of imidazole rings is 1. The number of ketones is 1. The summed E-state index contributed by atoms with van der Waals surface area (Å²) >= 11 is 0. The fraction of sp³-hybridized carbons (Fsp3) is 0.174. The number of para-hydroxylation sites is 2. The summed E-state index contributed by atoms with van der Waals surface area (Å²) in [5, 5.41) is 3.27. The highest BCUT2D eigenvalue weighted by molar-refractivity contribution is 5.82. The Morgan fingerprint density at radius 2 is 1.90 bits per heavy atom. The third-order valence-corrected chi connectivity index (χ3v) is 5.21. The van der Waals surface area contributed by atoms with Crippen LogP contribution in [0.4, 0.5) is 11.6 Å². The Hall–Kier alpha value is -3.67. The number of carbonyl (C=O) groups excluding carboxylic acids is 1. The minimum atomic E-state index is 0.195. The van der Waals surface area contributed by atoms with Gasteiger partial charge in [0.15, 0.2) is 0 Å². The Balaban J connectivity index is 1.31. The van der Waals surface area contributed by atoms with Crippen molar-refractivity contribution in [2.24, 2.45) is 0 Å². The zero-order valence-electron chi connectivity index (χ0n) is 15.8. The van der Waals surface area contributed by atoms with Crippen molar-refractivity contribution in [1.29, 1.82) is 0 Å². The van der Waals surface area contributed by atoms with Crippen LogP contribution >= 0.6 is 0 Å². The summed E-state index contributed by atoms with van der Waals surface area (Å²) in [5.74, 6) is 2.47. The lowest BCUT2D eigenvalue weighted by atomic mass is 9.99. The van der Waals surface area contributed by atoms with Crippen LogP contribution in [0.1, 0.15) is 30.7 Å². The molecule has 1 atom stereocenters. The number of anilines is 2. The second kappa shape index (κ2) is 7.39. The summed E-state index contributed by atoms with van der Waals surface area (Å²) < 4.78 is 6.04. The van der Waals surface area contributed by atoms with E-state index < -0.39 is 0 Å². The quantitative estimate of drug-likeness (QED) is 0.486. The summed E-state index contributed by atoms with van der Waals surface area (Å²) in [6.07, 6.45) is 3.79. The van der Waals surface area contributed by atoms with Crippen LogP contribution < -0.4 is 10.1 Å². The van der Waals surface area contributed by atoms with Gasteiger partial charge in [0.1, 0.15) is 11.5 Å². The molecule has 4 aromatic rings. The highest BCUT2D eigenvalue weighted by atomic mass is 16.5. The molecule has 1 saturated carbocycles. The first-order chi connectivity index (χ1) is 14.2. The van der Waals surface area contributed by atoms with Crippen LogP contribution in [0.5, 0.6) is 11.6 Å². The first-order valence-electron chi connectivity index (χ1n) is 9.71. The molecule has 0 amide bonds. The smallest absolute Gasteiger partial charge is 0.222 e. The summed E-state index contributed by atoms with van der Waals surface area (Å²) in [6.45, 7) is 0. The fourth-order valence-corrected chi connectivity index (χ4v) is 3.75. The van der Waals surface area contributed by atoms with E-state index in [9.17, 15) is 4.79 Å². The van der Waals surface area contributed by atoms with Crippen LogP contribution in [0.25, 0.3) is 11.0 Å². The maximum atomic E-state index is 11.7. The fourth-order valence-electron chi connectivity index (χ4n) is 3.75. The van der Waals surface area contributed by atoms with E-state index in [4.69, 9.17) is 4.74 Å². The number of hydrogen-bond acceptors (Lipinski definition) is 5. The normalized spacial score (nSPS) is 16.3. The largest absolute Gasteiger partial charge is 0.439 e. The topological polar surface area (TPSA) is 79.9 Å². The number of aromatic nitrogens is 3. The van der Waals surface area contributed by atoms with Crippen molar-refractivity contribution >= 4 is 28.5 Å². The SMILES string of the molecule is O=C1CCC(c2cccnc2Oc2ccc(Nc3nc4ccccc4[nH]3)cc2)C1. The van der Waals surface area contributed by atoms with E-state index in [1.807, 2.05) is 60.7 Å². The van der Waals surface area contributed by atoms with Gasteiger partial charge in [0, 0.05) is 30.3 Å². The van der Waals surface area contributed by atoms with Crippen LogP contribution in [0.2, 0.25) is 0 Å². The van der Waals surface area contributed by atoms with E-state index >= 15 is 0 Å². The van der Waals surface area contributed by atoms with Crippen molar-refractivity contribution in [2.45, 2.75) is 25.2 Å². The van der Waals surface area contributed by atoms with Crippen molar-refractivity contribution in [3.8, 4) is 11.6 Å². The van der Waals surface area contributed by atoms with Crippen LogP contribution in [-0.4, -0.2) is 20.7 Å². The molecule has 2 aromatic carbocycles. The van der Waals surface area contributed by atoms with E-state index in [0.717, 1.165) is 28.7 Å². The summed E-state index contributed by atoms with van der Waals surface area (Å²) in [5.41, 5.74) is 3.81. The van der Waals surface area contributed by atoms with Crippen LogP contribution in [0.3, 0.4) is 0 Å². The molecule has 1 unspecified atom stereocenters. The van der Waals surface area contributed by atoms with Gasteiger partial charge >= 0.3 is 0 Å². The molecule has 0 bridgehead atoms. The Labute approximate surface area is 168 Å². The van der Waals surface area contributed by atoms with Crippen molar-refractivity contribution in [3.63, 3.8) is 0 Å². The zero-order chi connectivity index (χ0) is 19.6. The third kappa shape index (κ3) is 3.69. The van der Waals surface area contributed by atoms with Gasteiger partial charge in [-0.25, -0.2) is 9.97 Å². The van der Waals surface area contributed by atoms with Crippen LogP contribution in [0, 0.1) is 0 Å². The first kappa shape index (κ1) is 17.4. The number of carbonyl (C=O) groups is 1. The van der Waals surface area contributed by atoms with Crippen LogP contribution in [0.15, 0.2) is 66.9 Å². The van der Waals surface area contributed by atoms with Gasteiger partial charge < -0.3 is 15.0 Å². The van der Waals surface area contributed by atoms with E-state index in [1.54, 1.807) is 6.20 Å².